The molecule has 0 N–H and O–H groups in total. The molecule has 0 saturated carbocycles. The Morgan fingerprint density at radius 1 is 1.21 bits per heavy atom. The molecule has 0 amide bonds. The number of aromatic nitrogens is 4. The molecule has 2 saturated heterocycles. The molecule has 2 atom stereocenters. The number of anilines is 1. The van der Waals surface area contributed by atoms with E-state index in [1.807, 2.05) is 16.8 Å². The zero-order valence-corrected chi connectivity index (χ0v) is 16.5. The highest BCUT2D eigenvalue weighted by Gasteiger charge is 2.30. The fourth-order valence-corrected chi connectivity index (χ4v) is 4.29. The number of hydrogen-bond donors (Lipinski definition) is 0. The maximum atomic E-state index is 14.1. The molecule has 28 heavy (non-hydrogen) atoms. The van der Waals surface area contributed by atoms with Gasteiger partial charge in [0.25, 0.3) is 0 Å². The number of tetrazole rings is 1. The van der Waals surface area contributed by atoms with E-state index < -0.39 is 0 Å². The molecule has 1 aromatic carbocycles. The third-order valence-corrected chi connectivity index (χ3v) is 5.77. The van der Waals surface area contributed by atoms with Crippen molar-refractivity contribution in [3.05, 3.63) is 35.9 Å². The van der Waals surface area contributed by atoms with E-state index in [0.717, 1.165) is 70.8 Å². The highest BCUT2D eigenvalue weighted by molar-refractivity contribution is 5.48. The summed E-state index contributed by atoms with van der Waals surface area (Å²) in [6.07, 6.45) is 4.45. The number of piperazine rings is 1. The van der Waals surface area contributed by atoms with Crippen LogP contribution in [0.5, 0.6) is 0 Å². The van der Waals surface area contributed by atoms with E-state index in [4.69, 9.17) is 4.74 Å². The van der Waals surface area contributed by atoms with Gasteiger partial charge < -0.3 is 9.64 Å². The summed E-state index contributed by atoms with van der Waals surface area (Å²) < 4.78 is 21.8. The second kappa shape index (κ2) is 8.96. The first-order valence-electron chi connectivity index (χ1n) is 10.4. The lowest BCUT2D eigenvalue weighted by molar-refractivity contribution is 0.0891. The summed E-state index contributed by atoms with van der Waals surface area (Å²) in [5, 5.41) is 12.6. The van der Waals surface area contributed by atoms with Gasteiger partial charge in [-0.15, -0.1) is 5.10 Å². The van der Waals surface area contributed by atoms with E-state index in [0.29, 0.717) is 5.69 Å². The number of rotatable bonds is 7. The van der Waals surface area contributed by atoms with E-state index in [1.165, 1.54) is 6.07 Å². The fraction of sp³-hybridized carbons (Fsp3) is 0.650. The van der Waals surface area contributed by atoms with Gasteiger partial charge in [0.2, 0.25) is 0 Å². The molecule has 0 spiro atoms. The SMILES string of the molecule is CCC[C@H](c1nnnn1C[C@H]1CCCO1)N1CCN(c2ccccc2F)CC1. The van der Waals surface area contributed by atoms with E-state index >= 15 is 0 Å². The van der Waals surface area contributed by atoms with E-state index in [2.05, 4.69) is 32.2 Å². The summed E-state index contributed by atoms with van der Waals surface area (Å²) in [6.45, 7) is 7.08. The Bertz CT molecular complexity index is 755. The van der Waals surface area contributed by atoms with Gasteiger partial charge in [-0.2, -0.15) is 0 Å². The van der Waals surface area contributed by atoms with Crippen LogP contribution >= 0.6 is 0 Å². The van der Waals surface area contributed by atoms with Crippen molar-refractivity contribution in [2.45, 2.75) is 51.3 Å². The summed E-state index contributed by atoms with van der Waals surface area (Å²) in [5.74, 6) is 0.776. The normalized spacial score (nSPS) is 21.9. The molecule has 3 heterocycles. The number of nitrogens with zero attached hydrogens (tertiary/aromatic N) is 6. The zero-order chi connectivity index (χ0) is 19.3. The molecule has 0 aliphatic carbocycles. The minimum Gasteiger partial charge on any atom is -0.376 e. The first-order valence-corrected chi connectivity index (χ1v) is 10.4. The van der Waals surface area contributed by atoms with Crippen LogP contribution in [0.15, 0.2) is 24.3 Å². The monoisotopic (exact) mass is 388 g/mol. The number of halogens is 1. The first-order chi connectivity index (χ1) is 13.8. The zero-order valence-electron chi connectivity index (χ0n) is 16.5. The van der Waals surface area contributed by atoms with Crippen LogP contribution in [0, 0.1) is 5.82 Å². The average Bonchev–Trinajstić information content (AvgIpc) is 3.39. The van der Waals surface area contributed by atoms with Crippen molar-refractivity contribution >= 4 is 5.69 Å². The molecule has 0 unspecified atom stereocenters. The Morgan fingerprint density at radius 3 is 2.75 bits per heavy atom. The van der Waals surface area contributed by atoms with Crippen molar-refractivity contribution in [1.29, 1.82) is 0 Å². The quantitative estimate of drug-likeness (QED) is 0.727. The highest BCUT2D eigenvalue weighted by atomic mass is 19.1. The van der Waals surface area contributed by atoms with Crippen LogP contribution in [0.4, 0.5) is 10.1 Å². The Labute approximate surface area is 165 Å². The largest absolute Gasteiger partial charge is 0.376 e. The predicted molar refractivity (Wildman–Crippen MR) is 105 cm³/mol. The van der Waals surface area contributed by atoms with Gasteiger partial charge in [-0.3, -0.25) is 4.90 Å². The van der Waals surface area contributed by atoms with Crippen molar-refractivity contribution < 1.29 is 9.13 Å². The third kappa shape index (κ3) is 4.17. The van der Waals surface area contributed by atoms with Crippen LogP contribution in [-0.4, -0.2) is 64.0 Å². The van der Waals surface area contributed by atoms with Crippen molar-refractivity contribution in [1.82, 2.24) is 25.1 Å². The van der Waals surface area contributed by atoms with E-state index in [9.17, 15) is 4.39 Å². The second-order valence-electron chi connectivity index (χ2n) is 7.63. The van der Waals surface area contributed by atoms with Crippen molar-refractivity contribution in [3.8, 4) is 0 Å². The fourth-order valence-electron chi connectivity index (χ4n) is 4.29. The molecule has 2 aliphatic heterocycles. The number of ether oxygens (including phenoxy) is 1. The van der Waals surface area contributed by atoms with Crippen LogP contribution in [-0.2, 0) is 11.3 Å². The second-order valence-corrected chi connectivity index (χ2v) is 7.63. The van der Waals surface area contributed by atoms with Crippen LogP contribution < -0.4 is 4.90 Å². The standard InChI is InChI=1S/C20H29FN6O/c1-2-6-19(20-22-23-24-27(20)15-16-7-5-14-28-16)26-12-10-25(11-13-26)18-9-4-3-8-17(18)21/h3-4,8-9,16,19H,2,5-7,10-15H2,1H3/t16-,19-/m1/s1. The van der Waals surface area contributed by atoms with Gasteiger partial charge in [0, 0.05) is 32.8 Å². The Kier molecular flexibility index (Phi) is 6.17. The summed E-state index contributed by atoms with van der Waals surface area (Å²) in [6, 6.07) is 7.20. The lowest BCUT2D eigenvalue weighted by Crippen LogP contribution is -2.48. The molecule has 152 valence electrons. The molecule has 8 heteroatoms. The predicted octanol–water partition coefficient (Wildman–Crippen LogP) is 2.65. The van der Waals surface area contributed by atoms with E-state index in [1.54, 1.807) is 6.07 Å². The maximum absolute atomic E-state index is 14.1. The Balaban J connectivity index is 1.44. The molecular weight excluding hydrogens is 359 g/mol. The van der Waals surface area contributed by atoms with Gasteiger partial charge in [0.15, 0.2) is 5.82 Å². The summed E-state index contributed by atoms with van der Waals surface area (Å²) in [7, 11) is 0. The van der Waals surface area contributed by atoms with Gasteiger partial charge in [0.05, 0.1) is 24.4 Å². The van der Waals surface area contributed by atoms with Crippen LogP contribution in [0.3, 0.4) is 0 Å². The Morgan fingerprint density at radius 2 is 2.04 bits per heavy atom. The minimum atomic E-state index is -0.151. The minimum absolute atomic E-state index is 0.151. The third-order valence-electron chi connectivity index (χ3n) is 5.77. The molecule has 7 nitrogen and oxygen atoms in total. The van der Waals surface area contributed by atoms with Crippen molar-refractivity contribution in [2.24, 2.45) is 0 Å². The van der Waals surface area contributed by atoms with Gasteiger partial charge in [-0.25, -0.2) is 9.07 Å². The van der Waals surface area contributed by atoms with Gasteiger partial charge in [0.1, 0.15) is 5.82 Å². The summed E-state index contributed by atoms with van der Waals surface area (Å²) >= 11 is 0. The molecule has 2 aliphatic rings. The first kappa shape index (κ1) is 19.3. The molecule has 2 aromatic rings. The lowest BCUT2D eigenvalue weighted by atomic mass is 10.1. The van der Waals surface area contributed by atoms with Crippen LogP contribution in [0.1, 0.15) is 44.5 Å². The van der Waals surface area contributed by atoms with E-state index in [-0.39, 0.29) is 18.0 Å². The summed E-state index contributed by atoms with van der Waals surface area (Å²) in [5.41, 5.74) is 0.692. The van der Waals surface area contributed by atoms with Gasteiger partial charge in [-0.05, 0) is 41.8 Å². The summed E-state index contributed by atoms with van der Waals surface area (Å²) in [4.78, 5) is 4.57. The highest BCUT2D eigenvalue weighted by Crippen LogP contribution is 2.28. The number of benzene rings is 1. The molecular formula is C20H29FN6O. The van der Waals surface area contributed by atoms with Crippen molar-refractivity contribution in [3.63, 3.8) is 0 Å². The topological polar surface area (TPSA) is 59.3 Å². The van der Waals surface area contributed by atoms with Crippen LogP contribution in [0.2, 0.25) is 0 Å². The number of para-hydroxylation sites is 1. The van der Waals surface area contributed by atoms with Gasteiger partial charge >= 0.3 is 0 Å². The molecule has 0 bridgehead atoms. The average molecular weight is 388 g/mol. The molecule has 4 rings (SSSR count). The smallest absolute Gasteiger partial charge is 0.168 e. The lowest BCUT2D eigenvalue weighted by Gasteiger charge is -2.39. The maximum Gasteiger partial charge on any atom is 0.168 e. The molecule has 0 radical (unpaired) electrons. The molecule has 2 fully saturated rings. The Hall–Kier alpha value is -2.06. The van der Waals surface area contributed by atoms with Crippen LogP contribution in [0.25, 0.3) is 0 Å². The van der Waals surface area contributed by atoms with Gasteiger partial charge in [-0.1, -0.05) is 25.5 Å². The number of hydrogen-bond acceptors (Lipinski definition) is 6. The van der Waals surface area contributed by atoms with Crippen molar-refractivity contribution in [2.75, 3.05) is 37.7 Å². The molecule has 1 aromatic heterocycles.